The van der Waals surface area contributed by atoms with E-state index in [9.17, 15) is 4.79 Å². The van der Waals surface area contributed by atoms with Crippen LogP contribution in [0, 0.1) is 11.8 Å². The van der Waals surface area contributed by atoms with Crippen LogP contribution in [0.1, 0.15) is 27.2 Å². The highest BCUT2D eigenvalue weighted by molar-refractivity contribution is 5.85. The van der Waals surface area contributed by atoms with E-state index in [2.05, 4.69) is 6.92 Å². The van der Waals surface area contributed by atoms with E-state index in [1.165, 1.54) is 7.11 Å². The van der Waals surface area contributed by atoms with Gasteiger partial charge in [0.1, 0.15) is 5.60 Å². The summed E-state index contributed by atoms with van der Waals surface area (Å²) in [5, 5.41) is 0. The molecule has 0 radical (unpaired) electrons. The Balaban J connectivity index is 2.30. The van der Waals surface area contributed by atoms with Gasteiger partial charge in [-0.15, -0.1) is 0 Å². The Labute approximate surface area is 96.2 Å². The van der Waals surface area contributed by atoms with E-state index in [1.54, 1.807) is 0 Å². The second-order valence-electron chi connectivity index (χ2n) is 4.99. The lowest BCUT2D eigenvalue weighted by atomic mass is 9.77. The fourth-order valence-electron chi connectivity index (χ4n) is 3.05. The van der Waals surface area contributed by atoms with Crippen LogP contribution in [0.15, 0.2) is 0 Å². The summed E-state index contributed by atoms with van der Waals surface area (Å²) >= 11 is 0. The number of ether oxygens (including phenoxy) is 3. The van der Waals surface area contributed by atoms with Crippen LogP contribution in [0.5, 0.6) is 0 Å². The van der Waals surface area contributed by atoms with Crippen LogP contribution < -0.4 is 0 Å². The number of hydrogen-bond donors (Lipinski definition) is 0. The minimum Gasteiger partial charge on any atom is -0.467 e. The molecule has 0 N–H and O–H groups in total. The lowest BCUT2D eigenvalue weighted by Gasteiger charge is -2.20. The smallest absolute Gasteiger partial charge is 0.341 e. The maximum Gasteiger partial charge on any atom is 0.341 e. The molecular formula is C12H20O4. The zero-order chi connectivity index (χ0) is 12.0. The Morgan fingerprint density at radius 2 is 2.25 bits per heavy atom. The van der Waals surface area contributed by atoms with Crippen LogP contribution in [0.25, 0.3) is 0 Å². The summed E-state index contributed by atoms with van der Waals surface area (Å²) in [7, 11) is 1.42. The van der Waals surface area contributed by atoms with Gasteiger partial charge in [-0.1, -0.05) is 20.8 Å². The van der Waals surface area contributed by atoms with Gasteiger partial charge < -0.3 is 14.2 Å². The number of rotatable bonds is 3. The SMILES string of the molecule is CCC1COCC12OC2(C(=O)OC)C(C)C. The molecule has 0 saturated carbocycles. The minimum absolute atomic E-state index is 0.107. The molecule has 2 rings (SSSR count). The van der Waals surface area contributed by atoms with Gasteiger partial charge in [0, 0.05) is 5.92 Å². The van der Waals surface area contributed by atoms with Gasteiger partial charge in [0.25, 0.3) is 0 Å². The molecule has 0 bridgehead atoms. The molecule has 92 valence electrons. The maximum absolute atomic E-state index is 12.0. The van der Waals surface area contributed by atoms with E-state index < -0.39 is 11.2 Å². The first kappa shape index (κ1) is 11.9. The van der Waals surface area contributed by atoms with Crippen LogP contribution >= 0.6 is 0 Å². The standard InChI is InChI=1S/C12H20O4/c1-5-9-6-15-7-11(9)12(16-11,8(2)3)10(13)14-4/h8-9H,5-7H2,1-4H3. The third-order valence-electron chi connectivity index (χ3n) is 4.02. The third kappa shape index (κ3) is 1.20. The van der Waals surface area contributed by atoms with Crippen LogP contribution in [0.3, 0.4) is 0 Å². The maximum atomic E-state index is 12.0. The van der Waals surface area contributed by atoms with Crippen molar-refractivity contribution in [3.63, 3.8) is 0 Å². The summed E-state index contributed by atoms with van der Waals surface area (Å²) in [6, 6.07) is 0. The van der Waals surface area contributed by atoms with Gasteiger partial charge in [-0.3, -0.25) is 0 Å². The van der Waals surface area contributed by atoms with Crippen molar-refractivity contribution in [2.75, 3.05) is 20.3 Å². The first-order chi connectivity index (χ1) is 7.55. The summed E-state index contributed by atoms with van der Waals surface area (Å²) in [5.41, 5.74) is -1.21. The Morgan fingerprint density at radius 1 is 1.56 bits per heavy atom. The first-order valence-corrected chi connectivity index (χ1v) is 5.91. The van der Waals surface area contributed by atoms with Gasteiger partial charge in [-0.2, -0.15) is 0 Å². The molecule has 4 heteroatoms. The molecule has 0 amide bonds. The summed E-state index contributed by atoms with van der Waals surface area (Å²) in [4.78, 5) is 12.0. The molecule has 3 atom stereocenters. The lowest BCUT2D eigenvalue weighted by molar-refractivity contribution is -0.148. The summed E-state index contributed by atoms with van der Waals surface area (Å²) in [6.45, 7) is 7.29. The predicted octanol–water partition coefficient (Wildman–Crippen LogP) is 1.38. The van der Waals surface area contributed by atoms with E-state index in [0.717, 1.165) is 6.42 Å². The Bertz CT molecular complexity index is 301. The van der Waals surface area contributed by atoms with Gasteiger partial charge in [-0.05, 0) is 12.3 Å². The Morgan fingerprint density at radius 3 is 2.75 bits per heavy atom. The highest BCUT2D eigenvalue weighted by Gasteiger charge is 2.80. The number of carbonyl (C=O) groups excluding carboxylic acids is 1. The van der Waals surface area contributed by atoms with E-state index in [1.807, 2.05) is 13.8 Å². The fraction of sp³-hybridized carbons (Fsp3) is 0.917. The highest BCUT2D eigenvalue weighted by Crippen LogP contribution is 2.60. The molecule has 0 aliphatic carbocycles. The first-order valence-electron chi connectivity index (χ1n) is 5.91. The highest BCUT2D eigenvalue weighted by atomic mass is 16.7. The third-order valence-corrected chi connectivity index (χ3v) is 4.02. The fourth-order valence-corrected chi connectivity index (χ4v) is 3.05. The number of carbonyl (C=O) groups is 1. The molecule has 3 unspecified atom stereocenters. The second kappa shape index (κ2) is 3.70. The van der Waals surface area contributed by atoms with E-state index >= 15 is 0 Å². The molecule has 16 heavy (non-hydrogen) atoms. The summed E-state index contributed by atoms with van der Waals surface area (Å²) in [5.74, 6) is 0.149. The van der Waals surface area contributed by atoms with Crippen molar-refractivity contribution >= 4 is 5.97 Å². The zero-order valence-corrected chi connectivity index (χ0v) is 10.4. The predicted molar refractivity (Wildman–Crippen MR) is 58.0 cm³/mol. The van der Waals surface area contributed by atoms with Crippen molar-refractivity contribution in [1.29, 1.82) is 0 Å². The average Bonchev–Trinajstić information content (AvgIpc) is 2.76. The van der Waals surface area contributed by atoms with Gasteiger partial charge in [0.15, 0.2) is 5.60 Å². The molecule has 2 saturated heterocycles. The second-order valence-corrected chi connectivity index (χ2v) is 4.99. The van der Waals surface area contributed by atoms with Crippen molar-refractivity contribution in [1.82, 2.24) is 0 Å². The van der Waals surface area contributed by atoms with Crippen molar-refractivity contribution in [2.24, 2.45) is 11.8 Å². The van der Waals surface area contributed by atoms with E-state index in [0.29, 0.717) is 19.1 Å². The quantitative estimate of drug-likeness (QED) is 0.541. The van der Waals surface area contributed by atoms with E-state index in [4.69, 9.17) is 14.2 Å². The van der Waals surface area contributed by atoms with Gasteiger partial charge in [-0.25, -0.2) is 4.79 Å². The van der Waals surface area contributed by atoms with Crippen LogP contribution in [0.4, 0.5) is 0 Å². The van der Waals surface area contributed by atoms with Crippen molar-refractivity contribution < 1.29 is 19.0 Å². The van der Waals surface area contributed by atoms with Crippen LogP contribution in [-0.4, -0.2) is 37.5 Å². The molecule has 4 nitrogen and oxygen atoms in total. The minimum atomic E-state index is -0.779. The molecule has 2 heterocycles. The molecule has 2 aliphatic heterocycles. The van der Waals surface area contributed by atoms with Gasteiger partial charge in [0.05, 0.1) is 20.3 Å². The lowest BCUT2D eigenvalue weighted by Crippen LogP contribution is -2.43. The molecule has 2 aliphatic rings. The number of epoxide rings is 1. The van der Waals surface area contributed by atoms with Crippen molar-refractivity contribution in [2.45, 2.75) is 38.4 Å². The Kier molecular flexibility index (Phi) is 2.75. The molecule has 0 aromatic heterocycles. The zero-order valence-electron chi connectivity index (χ0n) is 10.4. The molecule has 1 spiro atoms. The normalized spacial score (nSPS) is 41.7. The molecule has 0 aromatic rings. The molecule has 0 aromatic carbocycles. The number of esters is 1. The molecule has 2 fully saturated rings. The summed E-state index contributed by atoms with van der Waals surface area (Å²) in [6.07, 6.45) is 0.964. The van der Waals surface area contributed by atoms with E-state index in [-0.39, 0.29) is 11.9 Å². The topological polar surface area (TPSA) is 48.1 Å². The molecular weight excluding hydrogens is 208 g/mol. The summed E-state index contributed by atoms with van der Waals surface area (Å²) < 4.78 is 16.3. The van der Waals surface area contributed by atoms with Gasteiger partial charge in [0.2, 0.25) is 0 Å². The Hall–Kier alpha value is -0.610. The average molecular weight is 228 g/mol. The largest absolute Gasteiger partial charge is 0.467 e. The van der Waals surface area contributed by atoms with Crippen LogP contribution in [-0.2, 0) is 19.0 Å². The van der Waals surface area contributed by atoms with Gasteiger partial charge >= 0.3 is 5.97 Å². The van der Waals surface area contributed by atoms with Crippen molar-refractivity contribution in [3.8, 4) is 0 Å². The van der Waals surface area contributed by atoms with Crippen LogP contribution in [0.2, 0.25) is 0 Å². The number of methoxy groups -OCH3 is 1. The monoisotopic (exact) mass is 228 g/mol. The number of hydrogen-bond acceptors (Lipinski definition) is 4. The van der Waals surface area contributed by atoms with Crippen molar-refractivity contribution in [3.05, 3.63) is 0 Å².